The lowest BCUT2D eigenvalue weighted by atomic mass is 9.87. The molecule has 0 amide bonds. The number of ketones is 1. The molecule has 0 radical (unpaired) electrons. The van der Waals surface area contributed by atoms with Gasteiger partial charge < -0.3 is 9.64 Å². The van der Waals surface area contributed by atoms with Crippen LogP contribution in [0, 0.1) is 0 Å². The molecule has 0 bridgehead atoms. The summed E-state index contributed by atoms with van der Waals surface area (Å²) in [6.07, 6.45) is 0. The van der Waals surface area contributed by atoms with Crippen molar-refractivity contribution in [1.29, 1.82) is 0 Å². The number of Topliss-reactive ketones (excluding diaryl/α,β-unsaturated/α-hetero) is 1. The first-order chi connectivity index (χ1) is 15.8. The molecule has 1 aliphatic carbocycles. The van der Waals surface area contributed by atoms with Gasteiger partial charge in [0.05, 0.1) is 17.8 Å². The number of allylic oxidation sites excluding steroid dienone is 1. The molecule has 0 saturated heterocycles. The average Bonchev–Trinajstić information content (AvgIpc) is 3.32. The molecule has 0 spiro atoms. The number of carbonyl (C=O) groups excluding carboxylic acids is 1. The van der Waals surface area contributed by atoms with Crippen LogP contribution < -0.4 is 9.64 Å². The standard InChI is InChI=1S/C29H29NO2S/c1-6-30-23-15-12-19(29(2,3)4)16-24(23)33-28(30)26-25(18-10-8-7-9-11-18)21-14-13-20(32-5)17-22(21)27(26)31/h7-17,25H,6H2,1-5H3. The van der Waals surface area contributed by atoms with Crippen molar-refractivity contribution in [3.8, 4) is 5.75 Å². The van der Waals surface area contributed by atoms with Gasteiger partial charge in [0.25, 0.3) is 0 Å². The molecular formula is C29H29NO2S. The first kappa shape index (κ1) is 21.8. The van der Waals surface area contributed by atoms with Gasteiger partial charge in [0.2, 0.25) is 0 Å². The normalized spacial score (nSPS) is 19.6. The van der Waals surface area contributed by atoms with Crippen LogP contribution in [0.4, 0.5) is 5.69 Å². The van der Waals surface area contributed by atoms with Gasteiger partial charge in [-0.15, -0.1) is 0 Å². The van der Waals surface area contributed by atoms with Crippen LogP contribution in [-0.2, 0) is 5.41 Å². The summed E-state index contributed by atoms with van der Waals surface area (Å²) in [7, 11) is 1.64. The van der Waals surface area contributed by atoms with E-state index in [0.29, 0.717) is 5.75 Å². The minimum Gasteiger partial charge on any atom is -0.497 e. The molecule has 0 saturated carbocycles. The fraction of sp³-hybridized carbons (Fsp3) is 0.276. The largest absolute Gasteiger partial charge is 0.497 e. The topological polar surface area (TPSA) is 29.5 Å². The van der Waals surface area contributed by atoms with E-state index in [4.69, 9.17) is 4.74 Å². The van der Waals surface area contributed by atoms with Gasteiger partial charge in [-0.05, 0) is 53.3 Å². The number of ether oxygens (including phenoxy) is 1. The number of nitrogens with zero attached hydrogens (tertiary/aromatic N) is 1. The molecule has 0 fully saturated rings. The molecule has 1 aliphatic heterocycles. The van der Waals surface area contributed by atoms with Crippen molar-refractivity contribution in [3.05, 3.63) is 99.6 Å². The maximum Gasteiger partial charge on any atom is 0.193 e. The van der Waals surface area contributed by atoms with E-state index in [0.717, 1.165) is 33.8 Å². The summed E-state index contributed by atoms with van der Waals surface area (Å²) in [4.78, 5) is 17.4. The Balaban J connectivity index is 1.71. The summed E-state index contributed by atoms with van der Waals surface area (Å²) in [5.41, 5.74) is 6.37. The highest BCUT2D eigenvalue weighted by Crippen LogP contribution is 2.54. The zero-order valence-corrected chi connectivity index (χ0v) is 20.6. The highest BCUT2D eigenvalue weighted by atomic mass is 32.2. The Kier molecular flexibility index (Phi) is 5.37. The van der Waals surface area contributed by atoms with Crippen LogP contribution in [0.15, 0.2) is 82.2 Å². The van der Waals surface area contributed by atoms with Gasteiger partial charge in [0.1, 0.15) is 5.75 Å². The lowest BCUT2D eigenvalue weighted by Gasteiger charge is -2.23. The molecule has 168 valence electrons. The quantitative estimate of drug-likeness (QED) is 0.392. The number of methoxy groups -OCH3 is 1. The van der Waals surface area contributed by atoms with Crippen molar-refractivity contribution < 1.29 is 9.53 Å². The highest BCUT2D eigenvalue weighted by Gasteiger charge is 2.41. The Bertz CT molecular complexity index is 1270. The van der Waals surface area contributed by atoms with Gasteiger partial charge in [-0.2, -0.15) is 0 Å². The molecule has 1 unspecified atom stereocenters. The van der Waals surface area contributed by atoms with E-state index >= 15 is 0 Å². The zero-order valence-electron chi connectivity index (χ0n) is 19.8. The van der Waals surface area contributed by atoms with Crippen molar-refractivity contribution in [2.45, 2.75) is 43.9 Å². The molecule has 3 aromatic carbocycles. The minimum atomic E-state index is -0.0902. The Morgan fingerprint density at radius 1 is 1.00 bits per heavy atom. The van der Waals surface area contributed by atoms with E-state index in [9.17, 15) is 4.79 Å². The monoisotopic (exact) mass is 455 g/mol. The molecule has 33 heavy (non-hydrogen) atoms. The van der Waals surface area contributed by atoms with Gasteiger partial charge in [-0.1, -0.05) is 75.0 Å². The Hall–Kier alpha value is -2.98. The van der Waals surface area contributed by atoms with Gasteiger partial charge >= 0.3 is 0 Å². The van der Waals surface area contributed by atoms with Gasteiger partial charge in [-0.25, -0.2) is 0 Å². The Morgan fingerprint density at radius 2 is 1.76 bits per heavy atom. The first-order valence-electron chi connectivity index (χ1n) is 11.4. The van der Waals surface area contributed by atoms with Crippen molar-refractivity contribution in [3.63, 3.8) is 0 Å². The Labute approximate surface area is 200 Å². The van der Waals surface area contributed by atoms with E-state index in [-0.39, 0.29) is 17.1 Å². The molecule has 1 atom stereocenters. The number of rotatable bonds is 3. The third-order valence-electron chi connectivity index (χ3n) is 6.60. The fourth-order valence-electron chi connectivity index (χ4n) is 4.82. The SMILES string of the molecule is CCN1C(=C2C(=O)c3cc(OC)ccc3C2c2ccccc2)Sc2cc(C(C)(C)C)ccc21. The predicted octanol–water partition coefficient (Wildman–Crippen LogP) is 7.16. The van der Waals surface area contributed by atoms with Crippen LogP contribution in [0.5, 0.6) is 5.75 Å². The lowest BCUT2D eigenvalue weighted by Crippen LogP contribution is -2.21. The molecule has 0 N–H and O–H groups in total. The molecule has 3 nitrogen and oxygen atoms in total. The molecule has 4 heteroatoms. The predicted molar refractivity (Wildman–Crippen MR) is 137 cm³/mol. The van der Waals surface area contributed by atoms with E-state index in [2.05, 4.69) is 69.0 Å². The fourth-order valence-corrected chi connectivity index (χ4v) is 6.16. The van der Waals surface area contributed by atoms with E-state index < -0.39 is 0 Å². The molecule has 1 heterocycles. The van der Waals surface area contributed by atoms with Crippen LogP contribution in [0.2, 0.25) is 0 Å². The van der Waals surface area contributed by atoms with Crippen molar-refractivity contribution in [2.24, 2.45) is 0 Å². The summed E-state index contributed by atoms with van der Waals surface area (Å²) in [5, 5.41) is 1.05. The molecule has 5 rings (SSSR count). The molecular weight excluding hydrogens is 426 g/mol. The summed E-state index contributed by atoms with van der Waals surface area (Å²) in [6.45, 7) is 9.67. The van der Waals surface area contributed by atoms with Crippen molar-refractivity contribution in [2.75, 3.05) is 18.6 Å². The number of carbonyl (C=O) groups is 1. The number of hydrogen-bond acceptors (Lipinski definition) is 4. The third-order valence-corrected chi connectivity index (χ3v) is 7.78. The lowest BCUT2D eigenvalue weighted by molar-refractivity contribution is 0.103. The second kappa shape index (κ2) is 8.11. The third kappa shape index (κ3) is 3.57. The van der Waals surface area contributed by atoms with E-state index in [1.54, 1.807) is 18.9 Å². The highest BCUT2D eigenvalue weighted by molar-refractivity contribution is 8.03. The molecule has 0 aromatic heterocycles. The maximum absolute atomic E-state index is 13.9. The van der Waals surface area contributed by atoms with Crippen LogP contribution in [-0.4, -0.2) is 19.4 Å². The van der Waals surface area contributed by atoms with Crippen molar-refractivity contribution >= 4 is 23.2 Å². The van der Waals surface area contributed by atoms with Crippen molar-refractivity contribution in [1.82, 2.24) is 0 Å². The zero-order chi connectivity index (χ0) is 23.3. The number of benzene rings is 3. The number of anilines is 1. The number of thioether (sulfide) groups is 1. The second-order valence-electron chi connectivity index (χ2n) is 9.62. The Morgan fingerprint density at radius 3 is 2.42 bits per heavy atom. The van der Waals surface area contributed by atoms with E-state index in [1.807, 2.05) is 30.3 Å². The maximum atomic E-state index is 13.9. The summed E-state index contributed by atoms with van der Waals surface area (Å²) < 4.78 is 5.44. The average molecular weight is 456 g/mol. The van der Waals surface area contributed by atoms with Gasteiger partial charge in [0.15, 0.2) is 5.78 Å². The van der Waals surface area contributed by atoms with Crippen LogP contribution >= 0.6 is 11.8 Å². The summed E-state index contributed by atoms with van der Waals surface area (Å²) in [5.74, 6) is 0.722. The van der Waals surface area contributed by atoms with Crippen LogP contribution in [0.1, 0.15) is 60.7 Å². The summed E-state index contributed by atoms with van der Waals surface area (Å²) >= 11 is 1.73. The van der Waals surface area contributed by atoms with Gasteiger partial charge in [0, 0.05) is 28.5 Å². The van der Waals surface area contributed by atoms with Gasteiger partial charge in [-0.3, -0.25) is 4.79 Å². The first-order valence-corrected chi connectivity index (χ1v) is 12.3. The molecule has 2 aliphatic rings. The molecule has 3 aromatic rings. The van der Waals surface area contributed by atoms with Crippen LogP contribution in [0.25, 0.3) is 0 Å². The smallest absolute Gasteiger partial charge is 0.193 e. The summed E-state index contributed by atoms with van der Waals surface area (Å²) in [6, 6.07) is 23.0. The number of hydrogen-bond donors (Lipinski definition) is 0. The van der Waals surface area contributed by atoms with E-state index in [1.165, 1.54) is 16.1 Å². The minimum absolute atomic E-state index is 0.0745. The van der Waals surface area contributed by atoms with Crippen LogP contribution in [0.3, 0.4) is 0 Å². The number of fused-ring (bicyclic) bond motifs is 2. The second-order valence-corrected chi connectivity index (χ2v) is 10.7.